The molecule has 2 unspecified atom stereocenters. The van der Waals surface area contributed by atoms with Crippen LogP contribution in [0, 0.1) is 11.3 Å². The van der Waals surface area contributed by atoms with Crippen LogP contribution in [-0.2, 0) is 11.3 Å². The number of benzene rings is 1. The van der Waals surface area contributed by atoms with Crippen LogP contribution in [0.5, 0.6) is 0 Å². The molecule has 2 rings (SSSR count). The molecule has 1 saturated heterocycles. The minimum Gasteiger partial charge on any atom is -0.368 e. The highest BCUT2D eigenvalue weighted by molar-refractivity contribution is 6.31. The molecule has 1 heterocycles. The van der Waals surface area contributed by atoms with E-state index in [0.29, 0.717) is 23.7 Å². The van der Waals surface area contributed by atoms with E-state index in [9.17, 15) is 9.59 Å². The summed E-state index contributed by atoms with van der Waals surface area (Å²) in [5.74, 6) is -0.515. The lowest BCUT2D eigenvalue weighted by molar-refractivity contribution is -0.835. The van der Waals surface area contributed by atoms with Crippen molar-refractivity contribution in [2.24, 2.45) is 5.73 Å². The summed E-state index contributed by atoms with van der Waals surface area (Å²) in [5.41, 5.74) is 6.55. The molecule has 3 amide bonds. The third kappa shape index (κ3) is 2.71. The topological polar surface area (TPSA) is 87.2 Å². The predicted octanol–water partition coefficient (Wildman–Crippen LogP) is 1.08. The number of nitrogens with zero attached hydrogens (tertiary/aromatic N) is 3. The van der Waals surface area contributed by atoms with Crippen molar-refractivity contribution in [1.82, 2.24) is 4.90 Å². The van der Waals surface area contributed by atoms with Gasteiger partial charge in [-0.1, -0.05) is 17.7 Å². The van der Waals surface area contributed by atoms with E-state index in [1.807, 2.05) is 6.07 Å². The summed E-state index contributed by atoms with van der Waals surface area (Å²) < 4.78 is 0.0235. The van der Waals surface area contributed by atoms with E-state index in [1.165, 1.54) is 4.90 Å². The number of carbonyl (C=O) groups excluding carboxylic acids is 2. The van der Waals surface area contributed by atoms with Crippen molar-refractivity contribution in [3.8, 4) is 6.07 Å². The summed E-state index contributed by atoms with van der Waals surface area (Å²) >= 11 is 6.15. The smallest absolute Gasteiger partial charge is 0.368 e. The van der Waals surface area contributed by atoms with Crippen LogP contribution < -0.4 is 5.73 Å². The lowest BCUT2D eigenvalue weighted by Crippen LogP contribution is -2.46. The predicted molar refractivity (Wildman–Crippen MR) is 77.1 cm³/mol. The number of likely N-dealkylation sites (N-methyl/N-ethyl adjacent to an activating group) is 2. The molecule has 1 fully saturated rings. The fraction of sp³-hybridized carbons (Fsp3) is 0.357. The summed E-state index contributed by atoms with van der Waals surface area (Å²) in [4.78, 5) is 25.2. The Morgan fingerprint density at radius 2 is 2.29 bits per heavy atom. The number of quaternary nitrogens is 1. The molecule has 0 aromatic heterocycles. The zero-order valence-corrected chi connectivity index (χ0v) is 12.6. The number of nitriles is 1. The van der Waals surface area contributed by atoms with Crippen LogP contribution in [0.4, 0.5) is 4.79 Å². The number of nitrogens with two attached hydrogens (primary N) is 1. The minimum absolute atomic E-state index is 0.0235. The summed E-state index contributed by atoms with van der Waals surface area (Å²) in [5, 5.41) is 9.27. The van der Waals surface area contributed by atoms with Crippen molar-refractivity contribution < 1.29 is 14.1 Å². The van der Waals surface area contributed by atoms with E-state index in [1.54, 1.807) is 32.3 Å². The number of hydrogen-bond acceptors (Lipinski definition) is 3. The molecule has 1 aromatic carbocycles. The first kappa shape index (κ1) is 15.3. The Labute approximate surface area is 127 Å². The van der Waals surface area contributed by atoms with Gasteiger partial charge in [-0.3, -0.25) is 9.69 Å². The van der Waals surface area contributed by atoms with Gasteiger partial charge in [0.2, 0.25) is 5.91 Å². The summed E-state index contributed by atoms with van der Waals surface area (Å²) in [6.45, 7) is 0.651. The molecule has 1 aliphatic rings. The van der Waals surface area contributed by atoms with Gasteiger partial charge in [0.15, 0.2) is 6.04 Å². The molecule has 2 atom stereocenters. The average molecular weight is 308 g/mol. The lowest BCUT2D eigenvalue weighted by atomic mass is 10.1. The monoisotopic (exact) mass is 307 g/mol. The number of amides is 3. The van der Waals surface area contributed by atoms with Gasteiger partial charge in [-0.25, -0.2) is 9.28 Å². The number of hydrogen-bond donors (Lipinski definition) is 1. The van der Waals surface area contributed by atoms with Gasteiger partial charge < -0.3 is 5.73 Å². The standard InChI is InChI=1S/C14H15ClN4O2/c1-18-12(13(17)20)8-19(2,14(18)21)7-10-4-3-9(6-16)5-11(10)15/h3-5,12H,7-8H2,1-2H3,(H-,17,20)/p+1. The maximum Gasteiger partial charge on any atom is 0.419 e. The van der Waals surface area contributed by atoms with Gasteiger partial charge in [0, 0.05) is 12.6 Å². The summed E-state index contributed by atoms with van der Waals surface area (Å²) in [7, 11) is 3.32. The van der Waals surface area contributed by atoms with Crippen LogP contribution in [0.25, 0.3) is 0 Å². The van der Waals surface area contributed by atoms with Crippen LogP contribution in [0.3, 0.4) is 0 Å². The molecular formula is C14H16ClN4O2+. The van der Waals surface area contributed by atoms with Gasteiger partial charge in [0.1, 0.15) is 13.1 Å². The number of halogens is 1. The number of primary amides is 1. The minimum atomic E-state index is -0.611. The van der Waals surface area contributed by atoms with Crippen LogP contribution in [0.15, 0.2) is 18.2 Å². The molecule has 7 heteroatoms. The molecule has 0 saturated carbocycles. The second-order valence-corrected chi connectivity index (χ2v) is 5.87. The van der Waals surface area contributed by atoms with Gasteiger partial charge in [0.05, 0.1) is 23.7 Å². The molecule has 110 valence electrons. The molecule has 0 spiro atoms. The fourth-order valence-electron chi connectivity index (χ4n) is 2.63. The van der Waals surface area contributed by atoms with Crippen LogP contribution in [0.2, 0.25) is 5.02 Å². The Hall–Kier alpha value is -2.10. The Kier molecular flexibility index (Phi) is 3.90. The van der Waals surface area contributed by atoms with Crippen molar-refractivity contribution in [2.75, 3.05) is 20.6 Å². The molecule has 0 bridgehead atoms. The van der Waals surface area contributed by atoms with Gasteiger partial charge in [-0.2, -0.15) is 5.26 Å². The lowest BCUT2D eigenvalue weighted by Gasteiger charge is -2.25. The van der Waals surface area contributed by atoms with E-state index >= 15 is 0 Å². The molecular weight excluding hydrogens is 292 g/mol. The Morgan fingerprint density at radius 1 is 1.62 bits per heavy atom. The van der Waals surface area contributed by atoms with Crippen LogP contribution in [-0.4, -0.2) is 48.0 Å². The van der Waals surface area contributed by atoms with Crippen molar-refractivity contribution in [3.63, 3.8) is 0 Å². The zero-order valence-electron chi connectivity index (χ0n) is 11.8. The highest BCUT2D eigenvalue weighted by Crippen LogP contribution is 2.27. The number of carbonyl (C=O) groups is 2. The molecule has 1 aliphatic heterocycles. The Morgan fingerprint density at radius 3 is 2.76 bits per heavy atom. The fourth-order valence-corrected chi connectivity index (χ4v) is 2.87. The Balaban J connectivity index is 2.29. The number of rotatable bonds is 3. The molecule has 0 aliphatic carbocycles. The van der Waals surface area contributed by atoms with Gasteiger partial charge in [0.25, 0.3) is 0 Å². The quantitative estimate of drug-likeness (QED) is 0.848. The van der Waals surface area contributed by atoms with Crippen molar-refractivity contribution in [2.45, 2.75) is 12.6 Å². The van der Waals surface area contributed by atoms with Crippen molar-refractivity contribution in [1.29, 1.82) is 5.26 Å². The highest BCUT2D eigenvalue weighted by atomic mass is 35.5. The number of urea groups is 1. The first-order valence-corrected chi connectivity index (χ1v) is 6.76. The maximum absolute atomic E-state index is 12.4. The van der Waals surface area contributed by atoms with E-state index in [4.69, 9.17) is 22.6 Å². The molecule has 1 aromatic rings. The average Bonchev–Trinajstić information content (AvgIpc) is 2.66. The Bertz CT molecular complexity index is 655. The van der Waals surface area contributed by atoms with Gasteiger partial charge in [-0.15, -0.1) is 0 Å². The second-order valence-electron chi connectivity index (χ2n) is 5.47. The largest absolute Gasteiger partial charge is 0.419 e. The molecule has 6 nitrogen and oxygen atoms in total. The normalized spacial score (nSPS) is 25.0. The zero-order chi connectivity index (χ0) is 15.8. The van der Waals surface area contributed by atoms with Crippen molar-refractivity contribution >= 4 is 23.5 Å². The highest BCUT2D eigenvalue weighted by Gasteiger charge is 2.50. The SMILES string of the molecule is CN1C(=O)[N+](C)(Cc2ccc(C#N)cc2Cl)CC1C(N)=O. The van der Waals surface area contributed by atoms with Gasteiger partial charge >= 0.3 is 6.03 Å². The summed E-state index contributed by atoms with van der Waals surface area (Å²) in [6.07, 6.45) is 0. The van der Waals surface area contributed by atoms with Crippen molar-refractivity contribution in [3.05, 3.63) is 34.3 Å². The van der Waals surface area contributed by atoms with Crippen LogP contribution >= 0.6 is 11.6 Å². The van der Waals surface area contributed by atoms with E-state index < -0.39 is 11.9 Å². The van der Waals surface area contributed by atoms with E-state index in [2.05, 4.69) is 0 Å². The third-order valence-corrected chi connectivity index (χ3v) is 4.19. The molecule has 21 heavy (non-hydrogen) atoms. The van der Waals surface area contributed by atoms with Crippen LogP contribution in [0.1, 0.15) is 11.1 Å². The van der Waals surface area contributed by atoms with E-state index in [-0.39, 0.29) is 10.5 Å². The molecule has 0 radical (unpaired) electrons. The third-order valence-electron chi connectivity index (χ3n) is 3.84. The first-order chi connectivity index (χ1) is 9.78. The van der Waals surface area contributed by atoms with E-state index in [0.717, 1.165) is 5.56 Å². The van der Waals surface area contributed by atoms with Gasteiger partial charge in [-0.05, 0) is 12.1 Å². The summed E-state index contributed by atoms with van der Waals surface area (Å²) in [6, 6.07) is 6.17. The first-order valence-electron chi connectivity index (χ1n) is 6.38. The molecule has 2 N–H and O–H groups in total. The second kappa shape index (κ2) is 5.35. The maximum atomic E-state index is 12.4.